The summed E-state index contributed by atoms with van der Waals surface area (Å²) in [5.74, 6) is -0.0937. The number of hydrogen-bond donors (Lipinski definition) is 1. The maximum atomic E-state index is 13.2. The third-order valence-electron chi connectivity index (χ3n) is 5.71. The maximum absolute atomic E-state index is 13.2. The monoisotopic (exact) mass is 516 g/mol. The van der Waals surface area contributed by atoms with Crippen LogP contribution in [0.2, 0.25) is 0 Å². The molecule has 2 N–H and O–H groups in total. The average molecular weight is 516 g/mol. The van der Waals surface area contributed by atoms with E-state index in [1.807, 2.05) is 35.2 Å². The molecule has 7 nitrogen and oxygen atoms in total. The Morgan fingerprint density at radius 2 is 1.67 bits per heavy atom. The molecule has 2 atom stereocenters. The molecular weight excluding hydrogens is 494 g/mol. The van der Waals surface area contributed by atoms with Gasteiger partial charge in [-0.25, -0.2) is 0 Å². The summed E-state index contributed by atoms with van der Waals surface area (Å²) in [5.41, 5.74) is 3.28. The first-order valence-corrected chi connectivity index (χ1v) is 10.9. The van der Waals surface area contributed by atoms with Gasteiger partial charge in [0.2, 0.25) is 0 Å². The molecule has 1 aliphatic heterocycles. The number of aromatic nitrogens is 2. The third kappa shape index (κ3) is 6.26. The second-order valence-electron chi connectivity index (χ2n) is 8.27. The zero-order chi connectivity index (χ0) is 25.9. The average Bonchev–Trinajstić information content (AvgIpc) is 3.25. The Morgan fingerprint density at radius 3 is 2.25 bits per heavy atom. The number of nitrogens with two attached hydrogens (primary N) is 1. The molecule has 4 rings (SSSR count). The van der Waals surface area contributed by atoms with Gasteiger partial charge < -0.3 is 15.2 Å². The van der Waals surface area contributed by atoms with Crippen LogP contribution >= 0.6 is 0 Å². The molecule has 13 heteroatoms. The van der Waals surface area contributed by atoms with E-state index in [4.69, 9.17) is 19.7 Å². The van der Waals surface area contributed by atoms with Crippen molar-refractivity contribution in [2.75, 3.05) is 19.0 Å². The van der Waals surface area contributed by atoms with Crippen LogP contribution in [0.5, 0.6) is 6.08 Å². The number of likely N-dealkylation sites (tertiary alicyclic amines) is 1. The molecule has 0 unspecified atom stereocenters. The first-order chi connectivity index (χ1) is 17.0. The minimum absolute atomic E-state index is 0.0167. The fourth-order valence-corrected chi connectivity index (χ4v) is 4.15. The van der Waals surface area contributed by atoms with E-state index in [0.29, 0.717) is 31.5 Å². The number of alkyl halides is 6. The van der Waals surface area contributed by atoms with Gasteiger partial charge >= 0.3 is 18.4 Å². The molecule has 0 saturated carbocycles. The quantitative estimate of drug-likeness (QED) is 0.418. The highest BCUT2D eigenvalue weighted by Gasteiger charge is 2.38. The zero-order valence-electron chi connectivity index (χ0n) is 18.7. The van der Waals surface area contributed by atoms with Crippen LogP contribution < -0.4 is 10.5 Å². The summed E-state index contributed by atoms with van der Waals surface area (Å²) in [4.78, 5) is 5.69. The number of ether oxygens (including phenoxy) is 2. The van der Waals surface area contributed by atoms with Crippen LogP contribution in [-0.4, -0.2) is 34.4 Å². The van der Waals surface area contributed by atoms with Gasteiger partial charge in [0.05, 0.1) is 29.9 Å². The van der Waals surface area contributed by atoms with Crippen LogP contribution in [0.4, 0.5) is 32.3 Å². The normalized spacial score (nSPS) is 19.4. The van der Waals surface area contributed by atoms with E-state index >= 15 is 0 Å². The first kappa shape index (κ1) is 25.8. The fraction of sp³-hybridized carbons (Fsp3) is 0.391. The van der Waals surface area contributed by atoms with E-state index in [1.54, 1.807) is 0 Å². The molecule has 3 aromatic rings. The van der Waals surface area contributed by atoms with Gasteiger partial charge in [-0.3, -0.25) is 9.42 Å². The molecule has 0 radical (unpaired) electrons. The second kappa shape index (κ2) is 10.3. The summed E-state index contributed by atoms with van der Waals surface area (Å²) in [5, 5.41) is 3.45. The van der Waals surface area contributed by atoms with Crippen LogP contribution in [-0.2, 0) is 23.7 Å². The van der Waals surface area contributed by atoms with E-state index in [0.717, 1.165) is 5.56 Å². The van der Waals surface area contributed by atoms with Crippen molar-refractivity contribution in [3.05, 3.63) is 70.8 Å². The molecule has 0 aliphatic carbocycles. The largest absolute Gasteiger partial charge is 0.433 e. The van der Waals surface area contributed by atoms with E-state index in [9.17, 15) is 26.3 Å². The minimum Gasteiger partial charge on any atom is -0.433 e. The number of benzene rings is 2. The first-order valence-electron chi connectivity index (χ1n) is 10.9. The van der Waals surface area contributed by atoms with Gasteiger partial charge in [0.1, 0.15) is 6.73 Å². The fourth-order valence-electron chi connectivity index (χ4n) is 4.15. The van der Waals surface area contributed by atoms with Crippen molar-refractivity contribution < 1.29 is 40.3 Å². The molecule has 1 aromatic heterocycles. The molecule has 194 valence electrons. The predicted octanol–water partition coefficient (Wildman–Crippen LogP) is 5.45. The molecule has 0 amide bonds. The van der Waals surface area contributed by atoms with Gasteiger partial charge in [0.15, 0.2) is 0 Å². The molecule has 1 aliphatic rings. The van der Waals surface area contributed by atoms with Crippen LogP contribution in [0.3, 0.4) is 0 Å². The number of anilines is 1. The summed E-state index contributed by atoms with van der Waals surface area (Å²) in [7, 11) is 0. The third-order valence-corrected chi connectivity index (χ3v) is 5.71. The van der Waals surface area contributed by atoms with Crippen molar-refractivity contribution >= 4 is 5.95 Å². The molecule has 2 aromatic carbocycles. The lowest BCUT2D eigenvalue weighted by Crippen LogP contribution is -2.44. The van der Waals surface area contributed by atoms with Crippen molar-refractivity contribution in [1.82, 2.24) is 15.0 Å². The van der Waals surface area contributed by atoms with Gasteiger partial charge in [0.25, 0.3) is 5.95 Å². The number of hydrogen-bond acceptors (Lipinski definition) is 7. The Hall–Kier alpha value is -3.32. The van der Waals surface area contributed by atoms with Crippen molar-refractivity contribution in [1.29, 1.82) is 0 Å². The smallest absolute Gasteiger partial charge is 0.420 e. The van der Waals surface area contributed by atoms with Crippen molar-refractivity contribution in [2.45, 2.75) is 43.9 Å². The van der Waals surface area contributed by atoms with Gasteiger partial charge in [0, 0.05) is 6.54 Å². The topological polar surface area (TPSA) is 86.6 Å². The lowest BCUT2D eigenvalue weighted by Gasteiger charge is -2.40. The number of nitrogens with zero attached hydrogens (tertiary/aromatic N) is 3. The van der Waals surface area contributed by atoms with E-state index in [1.165, 1.54) is 0 Å². The van der Waals surface area contributed by atoms with Gasteiger partial charge in [-0.1, -0.05) is 30.3 Å². The number of piperidine rings is 1. The molecule has 1 saturated heterocycles. The van der Waals surface area contributed by atoms with Gasteiger partial charge in [-0.2, -0.15) is 26.3 Å². The SMILES string of the molecule is Nc1noc(OCN2CCC[C@H](OCc3cc(C(F)(F)F)cc(C(F)(F)F)c3)[C@@H]2c2ccccc2)n1. The zero-order valence-corrected chi connectivity index (χ0v) is 18.7. The molecular formula is C23H22F6N4O3. The summed E-state index contributed by atoms with van der Waals surface area (Å²) in [6.07, 6.45) is -9.35. The molecule has 0 spiro atoms. The van der Waals surface area contributed by atoms with Crippen LogP contribution in [0.15, 0.2) is 53.1 Å². The second-order valence-corrected chi connectivity index (χ2v) is 8.27. The summed E-state index contributed by atoms with van der Waals surface area (Å²) in [6, 6.07) is 10.2. The van der Waals surface area contributed by atoms with Crippen LogP contribution in [0.25, 0.3) is 0 Å². The Balaban J connectivity index is 1.55. The maximum Gasteiger partial charge on any atom is 0.420 e. The molecule has 2 heterocycles. The van der Waals surface area contributed by atoms with E-state index in [2.05, 4.69) is 10.1 Å². The Kier molecular flexibility index (Phi) is 7.41. The van der Waals surface area contributed by atoms with E-state index in [-0.39, 0.29) is 30.4 Å². The minimum atomic E-state index is -4.93. The lowest BCUT2D eigenvalue weighted by molar-refractivity contribution is -0.143. The number of nitrogen functional groups attached to an aromatic ring is 1. The Morgan fingerprint density at radius 1 is 1.00 bits per heavy atom. The molecule has 1 fully saturated rings. The highest BCUT2D eigenvalue weighted by Crippen LogP contribution is 2.38. The Labute approximate surface area is 201 Å². The highest BCUT2D eigenvalue weighted by molar-refractivity contribution is 5.33. The highest BCUT2D eigenvalue weighted by atomic mass is 19.4. The predicted molar refractivity (Wildman–Crippen MR) is 114 cm³/mol. The van der Waals surface area contributed by atoms with Crippen molar-refractivity contribution in [3.63, 3.8) is 0 Å². The summed E-state index contributed by atoms with van der Waals surface area (Å²) in [6.45, 7) is 0.170. The summed E-state index contributed by atoms with van der Waals surface area (Å²) >= 11 is 0. The van der Waals surface area contributed by atoms with Gasteiger partial charge in [-0.15, -0.1) is 4.98 Å². The van der Waals surface area contributed by atoms with Crippen LogP contribution in [0, 0.1) is 0 Å². The van der Waals surface area contributed by atoms with E-state index < -0.39 is 42.2 Å². The number of rotatable bonds is 7. The van der Waals surface area contributed by atoms with Crippen LogP contribution in [0.1, 0.15) is 41.1 Å². The number of halogens is 6. The lowest BCUT2D eigenvalue weighted by atomic mass is 9.92. The van der Waals surface area contributed by atoms with Crippen molar-refractivity contribution in [2.24, 2.45) is 0 Å². The van der Waals surface area contributed by atoms with Crippen molar-refractivity contribution in [3.8, 4) is 6.08 Å². The summed E-state index contributed by atoms with van der Waals surface area (Å²) < 4.78 is 95.8. The standard InChI is InChI=1S/C23H22F6N4O3/c24-22(25,26)16-9-14(10-17(11-16)23(27,28)29)12-34-18-7-4-8-33(13-35-21-31-20(30)32-36-21)19(18)15-5-2-1-3-6-15/h1-3,5-6,9-11,18-19H,4,7-8,12-13H2,(H2,30,32)/t18-,19-/m0/s1. The molecule has 36 heavy (non-hydrogen) atoms. The Bertz CT molecular complexity index is 1120. The molecule has 0 bridgehead atoms. The van der Waals surface area contributed by atoms with Gasteiger partial charge in [-0.05, 0) is 47.3 Å².